The van der Waals surface area contributed by atoms with Crippen LogP contribution in [0.15, 0.2) is 36.0 Å². The van der Waals surface area contributed by atoms with E-state index in [1.54, 1.807) is 31.4 Å². The van der Waals surface area contributed by atoms with Gasteiger partial charge in [0, 0.05) is 25.0 Å². The Morgan fingerprint density at radius 2 is 1.96 bits per heavy atom. The van der Waals surface area contributed by atoms with E-state index in [9.17, 15) is 14.9 Å². The number of hydrogen-bond acceptors (Lipinski definition) is 5. The summed E-state index contributed by atoms with van der Waals surface area (Å²) in [5, 5.41) is 21.1. The summed E-state index contributed by atoms with van der Waals surface area (Å²) in [5.41, 5.74) is 0.709. The lowest BCUT2D eigenvalue weighted by molar-refractivity contribution is -0.145. The molecule has 1 fully saturated rings. The molecular formula is C17H19N3O4. The third kappa shape index (κ3) is 4.26. The number of hydrogen-bond donors (Lipinski definition) is 2. The molecule has 1 heterocycles. The Morgan fingerprint density at radius 1 is 1.33 bits per heavy atom. The first-order valence-electron chi connectivity index (χ1n) is 7.58. The SMILES string of the molecule is COc1ccc(N/C=C(/C#N)C(=O)N2CCC(C(=O)O)CC2)cc1. The van der Waals surface area contributed by atoms with Crippen LogP contribution in [0.25, 0.3) is 0 Å². The van der Waals surface area contributed by atoms with Crippen LogP contribution in [0, 0.1) is 17.2 Å². The molecule has 0 saturated carbocycles. The van der Waals surface area contributed by atoms with Crippen molar-refractivity contribution in [2.75, 3.05) is 25.5 Å². The van der Waals surface area contributed by atoms with Crippen molar-refractivity contribution in [3.8, 4) is 11.8 Å². The fourth-order valence-corrected chi connectivity index (χ4v) is 2.48. The number of ether oxygens (including phenoxy) is 1. The lowest BCUT2D eigenvalue weighted by Gasteiger charge is -2.29. The molecule has 0 atom stereocenters. The Labute approximate surface area is 140 Å². The molecule has 1 aliphatic heterocycles. The van der Waals surface area contributed by atoms with Gasteiger partial charge in [-0.2, -0.15) is 5.26 Å². The van der Waals surface area contributed by atoms with Gasteiger partial charge in [-0.05, 0) is 37.1 Å². The summed E-state index contributed by atoms with van der Waals surface area (Å²) in [6.45, 7) is 0.689. The van der Waals surface area contributed by atoms with Gasteiger partial charge in [-0.3, -0.25) is 9.59 Å². The molecule has 0 aliphatic carbocycles. The van der Waals surface area contributed by atoms with E-state index in [4.69, 9.17) is 9.84 Å². The number of benzene rings is 1. The fourth-order valence-electron chi connectivity index (χ4n) is 2.48. The summed E-state index contributed by atoms with van der Waals surface area (Å²) in [4.78, 5) is 24.8. The first-order valence-corrected chi connectivity index (χ1v) is 7.58. The number of piperidine rings is 1. The minimum Gasteiger partial charge on any atom is -0.497 e. The predicted octanol–water partition coefficient (Wildman–Crippen LogP) is 1.84. The van der Waals surface area contributed by atoms with Crippen molar-refractivity contribution in [3.05, 3.63) is 36.0 Å². The molecule has 1 aromatic carbocycles. The summed E-state index contributed by atoms with van der Waals surface area (Å²) in [6.07, 6.45) is 2.19. The van der Waals surface area contributed by atoms with Crippen LogP contribution in [-0.4, -0.2) is 42.1 Å². The second-order valence-electron chi connectivity index (χ2n) is 5.45. The molecule has 1 aromatic rings. The number of nitrogens with zero attached hydrogens (tertiary/aromatic N) is 2. The van der Waals surface area contributed by atoms with Crippen molar-refractivity contribution in [3.63, 3.8) is 0 Å². The van der Waals surface area contributed by atoms with Crippen LogP contribution in [0.2, 0.25) is 0 Å². The van der Waals surface area contributed by atoms with E-state index in [0.717, 1.165) is 5.69 Å². The van der Waals surface area contributed by atoms with Gasteiger partial charge in [0.2, 0.25) is 0 Å². The van der Waals surface area contributed by atoms with Crippen molar-refractivity contribution in [2.24, 2.45) is 5.92 Å². The highest BCUT2D eigenvalue weighted by atomic mass is 16.5. The van der Waals surface area contributed by atoms with E-state index in [1.807, 2.05) is 6.07 Å². The standard InChI is InChI=1S/C17H19N3O4/c1-24-15-4-2-14(3-5-15)19-11-13(10-18)16(21)20-8-6-12(7-9-20)17(22)23/h2-5,11-12,19H,6-9H2,1H3,(H,22,23)/b13-11-. The van der Waals surface area contributed by atoms with Crippen LogP contribution in [0.4, 0.5) is 5.69 Å². The van der Waals surface area contributed by atoms with Crippen molar-refractivity contribution < 1.29 is 19.4 Å². The molecule has 0 unspecified atom stereocenters. The minimum absolute atomic E-state index is 0.0143. The van der Waals surface area contributed by atoms with Crippen LogP contribution in [-0.2, 0) is 9.59 Å². The fraction of sp³-hybridized carbons (Fsp3) is 0.353. The van der Waals surface area contributed by atoms with Crippen molar-refractivity contribution in [1.82, 2.24) is 4.90 Å². The smallest absolute Gasteiger partial charge is 0.306 e. The Bertz CT molecular complexity index is 668. The van der Waals surface area contributed by atoms with Gasteiger partial charge in [-0.25, -0.2) is 0 Å². The van der Waals surface area contributed by atoms with E-state index in [-0.39, 0.29) is 11.5 Å². The Morgan fingerprint density at radius 3 is 2.46 bits per heavy atom. The van der Waals surface area contributed by atoms with Gasteiger partial charge in [0.1, 0.15) is 17.4 Å². The summed E-state index contributed by atoms with van der Waals surface area (Å²) in [7, 11) is 1.57. The number of anilines is 1. The molecule has 1 amide bonds. The number of likely N-dealkylation sites (tertiary alicyclic amines) is 1. The third-order valence-corrected chi connectivity index (χ3v) is 3.96. The monoisotopic (exact) mass is 329 g/mol. The molecule has 126 valence electrons. The molecule has 0 radical (unpaired) electrons. The van der Waals surface area contributed by atoms with Crippen molar-refractivity contribution in [2.45, 2.75) is 12.8 Å². The largest absolute Gasteiger partial charge is 0.497 e. The first-order chi connectivity index (χ1) is 11.5. The average Bonchev–Trinajstić information content (AvgIpc) is 2.62. The normalized spacial score (nSPS) is 15.5. The average molecular weight is 329 g/mol. The van der Waals surface area contributed by atoms with E-state index >= 15 is 0 Å². The molecule has 24 heavy (non-hydrogen) atoms. The first kappa shape index (κ1) is 17.3. The number of rotatable bonds is 5. The Balaban J connectivity index is 1.98. The molecule has 7 heteroatoms. The maximum atomic E-state index is 12.4. The van der Waals surface area contributed by atoms with Gasteiger partial charge in [0.05, 0.1) is 13.0 Å². The van der Waals surface area contributed by atoms with Gasteiger partial charge in [-0.1, -0.05) is 0 Å². The predicted molar refractivity (Wildman–Crippen MR) is 87.3 cm³/mol. The van der Waals surface area contributed by atoms with E-state index < -0.39 is 11.9 Å². The summed E-state index contributed by atoms with van der Waals surface area (Å²) < 4.78 is 5.06. The van der Waals surface area contributed by atoms with Gasteiger partial charge in [0.25, 0.3) is 5.91 Å². The van der Waals surface area contributed by atoms with Crippen LogP contribution in [0.1, 0.15) is 12.8 Å². The quantitative estimate of drug-likeness (QED) is 0.631. The van der Waals surface area contributed by atoms with Crippen LogP contribution < -0.4 is 10.1 Å². The van der Waals surface area contributed by atoms with E-state index in [1.165, 1.54) is 11.1 Å². The molecule has 0 spiro atoms. The number of carboxylic acid groups (broad SMARTS) is 1. The Kier molecular flexibility index (Phi) is 5.79. The molecule has 1 aliphatic rings. The number of carboxylic acids is 1. The number of methoxy groups -OCH3 is 1. The van der Waals surface area contributed by atoms with E-state index in [2.05, 4.69) is 5.32 Å². The van der Waals surface area contributed by atoms with Gasteiger partial charge in [0.15, 0.2) is 0 Å². The molecule has 2 rings (SSSR count). The summed E-state index contributed by atoms with van der Waals surface area (Å²) in [6, 6.07) is 8.96. The van der Waals surface area contributed by atoms with Gasteiger partial charge < -0.3 is 20.1 Å². The summed E-state index contributed by atoms with van der Waals surface area (Å²) >= 11 is 0. The number of nitriles is 1. The molecule has 0 aromatic heterocycles. The van der Waals surface area contributed by atoms with Gasteiger partial charge in [-0.15, -0.1) is 0 Å². The van der Waals surface area contributed by atoms with Crippen LogP contribution in [0.5, 0.6) is 5.75 Å². The lowest BCUT2D eigenvalue weighted by Crippen LogP contribution is -2.40. The number of nitrogens with one attached hydrogen (secondary N) is 1. The third-order valence-electron chi connectivity index (χ3n) is 3.96. The maximum Gasteiger partial charge on any atom is 0.306 e. The molecular weight excluding hydrogens is 310 g/mol. The Hall–Kier alpha value is -3.01. The number of carbonyl (C=O) groups is 2. The van der Waals surface area contributed by atoms with Crippen molar-refractivity contribution >= 4 is 17.6 Å². The van der Waals surface area contributed by atoms with Gasteiger partial charge >= 0.3 is 5.97 Å². The highest BCUT2D eigenvalue weighted by molar-refractivity contribution is 5.97. The molecule has 7 nitrogen and oxygen atoms in total. The number of aliphatic carboxylic acids is 1. The second-order valence-corrected chi connectivity index (χ2v) is 5.45. The molecule has 2 N–H and O–H groups in total. The summed E-state index contributed by atoms with van der Waals surface area (Å²) in [5.74, 6) is -0.926. The van der Waals surface area contributed by atoms with E-state index in [0.29, 0.717) is 31.7 Å². The maximum absolute atomic E-state index is 12.4. The lowest BCUT2D eigenvalue weighted by atomic mass is 9.97. The minimum atomic E-state index is -0.834. The molecule has 1 saturated heterocycles. The molecule has 0 bridgehead atoms. The van der Waals surface area contributed by atoms with Crippen molar-refractivity contribution in [1.29, 1.82) is 5.26 Å². The zero-order chi connectivity index (χ0) is 17.5. The van der Waals surface area contributed by atoms with Crippen LogP contribution >= 0.6 is 0 Å². The number of carbonyl (C=O) groups excluding carboxylic acids is 1. The highest BCUT2D eigenvalue weighted by Crippen LogP contribution is 2.19. The zero-order valence-electron chi connectivity index (χ0n) is 13.4. The zero-order valence-corrected chi connectivity index (χ0v) is 13.4. The highest BCUT2D eigenvalue weighted by Gasteiger charge is 2.28. The topological polar surface area (TPSA) is 103 Å². The number of amides is 1. The van der Waals surface area contributed by atoms with Crippen LogP contribution in [0.3, 0.4) is 0 Å². The second kappa shape index (κ2) is 8.02.